The van der Waals surface area contributed by atoms with Crippen molar-refractivity contribution in [3.8, 4) is 0 Å². The molecular formula is C15H17N3O4S. The first-order chi connectivity index (χ1) is 11.0. The maximum atomic E-state index is 12.1. The molecule has 0 aromatic heterocycles. The number of rotatable bonds is 4. The smallest absolute Gasteiger partial charge is 0.414 e. The van der Waals surface area contributed by atoms with E-state index in [1.807, 2.05) is 13.0 Å². The van der Waals surface area contributed by atoms with Crippen molar-refractivity contribution >= 4 is 41.0 Å². The summed E-state index contributed by atoms with van der Waals surface area (Å²) in [6.45, 7) is 2.09. The maximum Gasteiger partial charge on any atom is 0.414 e. The number of cyclic esters (lactones) is 1. The van der Waals surface area contributed by atoms with Crippen molar-refractivity contribution < 1.29 is 19.1 Å². The van der Waals surface area contributed by atoms with Crippen LogP contribution < -0.4 is 16.0 Å². The Bertz CT molecular complexity index is 679. The van der Waals surface area contributed by atoms with E-state index >= 15 is 0 Å². The number of carbonyl (C=O) groups excluding carboxylic acids is 3. The lowest BCUT2D eigenvalue weighted by atomic mass is 9.99. The molecule has 3 N–H and O–H groups in total. The van der Waals surface area contributed by atoms with Gasteiger partial charge in [0.05, 0.1) is 23.9 Å². The molecule has 122 valence electrons. The lowest BCUT2D eigenvalue weighted by Crippen LogP contribution is -2.35. The monoisotopic (exact) mass is 335 g/mol. The summed E-state index contributed by atoms with van der Waals surface area (Å²) in [5.74, 6) is -0.656. The fourth-order valence-corrected chi connectivity index (χ4v) is 3.58. The standard InChI is InChI=1S/C15H17N3O4S/c1-2-9(14(16)20)11-6-18(15(21)22-11)8-3-4-12-10(5-8)17-13(19)7-23-12/h3-5,9,11H,2,6-7H2,1H3,(H2,16,20)(H,17,19). The van der Waals surface area contributed by atoms with Crippen LogP contribution in [0.2, 0.25) is 0 Å². The Morgan fingerprint density at radius 2 is 2.30 bits per heavy atom. The van der Waals surface area contributed by atoms with Gasteiger partial charge in [-0.1, -0.05) is 6.92 Å². The Labute approximate surface area is 137 Å². The Hall–Kier alpha value is -2.22. The Morgan fingerprint density at radius 1 is 1.52 bits per heavy atom. The molecule has 1 aromatic rings. The molecule has 1 fully saturated rings. The summed E-state index contributed by atoms with van der Waals surface area (Å²) in [6.07, 6.45) is -0.549. The maximum absolute atomic E-state index is 12.1. The molecule has 2 unspecified atom stereocenters. The van der Waals surface area contributed by atoms with E-state index in [-0.39, 0.29) is 12.5 Å². The fourth-order valence-electron chi connectivity index (χ4n) is 2.79. The molecule has 8 heteroatoms. The van der Waals surface area contributed by atoms with Gasteiger partial charge in [0.15, 0.2) is 0 Å². The number of primary amides is 1. The predicted octanol–water partition coefficient (Wildman–Crippen LogP) is 1.57. The van der Waals surface area contributed by atoms with Crippen LogP contribution in [-0.2, 0) is 14.3 Å². The van der Waals surface area contributed by atoms with Crippen LogP contribution in [0.3, 0.4) is 0 Å². The van der Waals surface area contributed by atoms with Crippen LogP contribution in [0.25, 0.3) is 0 Å². The van der Waals surface area contributed by atoms with Gasteiger partial charge in [0, 0.05) is 10.6 Å². The molecule has 0 spiro atoms. The molecule has 0 radical (unpaired) electrons. The van der Waals surface area contributed by atoms with Gasteiger partial charge in [-0.2, -0.15) is 0 Å². The summed E-state index contributed by atoms with van der Waals surface area (Å²) in [5.41, 5.74) is 6.67. The first kappa shape index (κ1) is 15.7. The van der Waals surface area contributed by atoms with Crippen molar-refractivity contribution in [2.24, 2.45) is 11.7 Å². The summed E-state index contributed by atoms with van der Waals surface area (Å²) >= 11 is 1.45. The second-order valence-electron chi connectivity index (χ2n) is 5.47. The fraction of sp³-hybridized carbons (Fsp3) is 0.400. The van der Waals surface area contributed by atoms with E-state index in [1.54, 1.807) is 12.1 Å². The van der Waals surface area contributed by atoms with Gasteiger partial charge in [0.25, 0.3) is 0 Å². The van der Waals surface area contributed by atoms with Crippen LogP contribution in [0, 0.1) is 5.92 Å². The zero-order valence-corrected chi connectivity index (χ0v) is 13.4. The summed E-state index contributed by atoms with van der Waals surface area (Å²) in [7, 11) is 0. The van der Waals surface area contributed by atoms with Crippen molar-refractivity contribution in [3.05, 3.63) is 18.2 Å². The van der Waals surface area contributed by atoms with Gasteiger partial charge >= 0.3 is 6.09 Å². The van der Waals surface area contributed by atoms with Crippen molar-refractivity contribution in [2.45, 2.75) is 24.3 Å². The number of thioether (sulfide) groups is 1. The number of fused-ring (bicyclic) bond motifs is 1. The van der Waals surface area contributed by atoms with E-state index in [9.17, 15) is 14.4 Å². The van der Waals surface area contributed by atoms with E-state index in [1.165, 1.54) is 16.7 Å². The van der Waals surface area contributed by atoms with Gasteiger partial charge < -0.3 is 15.8 Å². The first-order valence-corrected chi connectivity index (χ1v) is 8.32. The normalized spacial score (nSPS) is 21.4. The number of nitrogens with one attached hydrogen (secondary N) is 1. The molecule has 1 saturated heterocycles. The third kappa shape index (κ3) is 2.98. The third-order valence-electron chi connectivity index (χ3n) is 4.00. The molecule has 0 aliphatic carbocycles. The van der Waals surface area contributed by atoms with Crippen LogP contribution in [-0.4, -0.2) is 36.3 Å². The molecule has 2 aliphatic rings. The average Bonchev–Trinajstić information content (AvgIpc) is 2.88. The van der Waals surface area contributed by atoms with Gasteiger partial charge in [0.1, 0.15) is 6.10 Å². The summed E-state index contributed by atoms with van der Waals surface area (Å²) in [5, 5.41) is 2.79. The number of hydrogen-bond acceptors (Lipinski definition) is 5. The largest absolute Gasteiger partial charge is 0.443 e. The second kappa shape index (κ2) is 6.11. The Kier molecular flexibility index (Phi) is 4.16. The van der Waals surface area contributed by atoms with Crippen molar-refractivity contribution in [3.63, 3.8) is 0 Å². The second-order valence-corrected chi connectivity index (χ2v) is 6.48. The molecule has 2 aliphatic heterocycles. The minimum Gasteiger partial charge on any atom is -0.443 e. The number of benzene rings is 1. The van der Waals surface area contributed by atoms with Gasteiger partial charge in [-0.15, -0.1) is 11.8 Å². The summed E-state index contributed by atoms with van der Waals surface area (Å²) in [4.78, 5) is 37.5. The third-order valence-corrected chi connectivity index (χ3v) is 5.07. The van der Waals surface area contributed by atoms with Gasteiger partial charge in [-0.3, -0.25) is 14.5 Å². The number of ether oxygens (including phenoxy) is 1. The minimum atomic E-state index is -0.551. The average molecular weight is 335 g/mol. The zero-order chi connectivity index (χ0) is 16.6. The molecule has 3 rings (SSSR count). The predicted molar refractivity (Wildman–Crippen MR) is 86.4 cm³/mol. The van der Waals surface area contributed by atoms with Crippen LogP contribution in [0.15, 0.2) is 23.1 Å². The molecule has 2 heterocycles. The van der Waals surface area contributed by atoms with Crippen LogP contribution in [0.5, 0.6) is 0 Å². The molecule has 2 atom stereocenters. The van der Waals surface area contributed by atoms with Gasteiger partial charge in [0.2, 0.25) is 11.8 Å². The minimum absolute atomic E-state index is 0.0682. The van der Waals surface area contributed by atoms with E-state index in [2.05, 4.69) is 5.32 Å². The molecule has 1 aromatic carbocycles. The number of nitrogens with two attached hydrogens (primary N) is 1. The van der Waals surface area contributed by atoms with Crippen LogP contribution in [0.4, 0.5) is 16.2 Å². The highest BCUT2D eigenvalue weighted by Gasteiger charge is 2.39. The summed E-state index contributed by atoms with van der Waals surface area (Å²) < 4.78 is 5.30. The van der Waals surface area contributed by atoms with E-state index in [0.29, 0.717) is 23.5 Å². The van der Waals surface area contributed by atoms with E-state index in [4.69, 9.17) is 10.5 Å². The van der Waals surface area contributed by atoms with E-state index in [0.717, 1.165) is 4.90 Å². The molecular weight excluding hydrogens is 318 g/mol. The molecule has 0 saturated carbocycles. The summed E-state index contributed by atoms with van der Waals surface area (Å²) in [6, 6.07) is 5.41. The number of amides is 3. The lowest BCUT2D eigenvalue weighted by molar-refractivity contribution is -0.124. The van der Waals surface area contributed by atoms with Crippen LogP contribution in [0.1, 0.15) is 13.3 Å². The highest BCUT2D eigenvalue weighted by Crippen LogP contribution is 2.36. The first-order valence-electron chi connectivity index (χ1n) is 7.33. The quantitative estimate of drug-likeness (QED) is 0.869. The highest BCUT2D eigenvalue weighted by atomic mass is 32.2. The molecule has 7 nitrogen and oxygen atoms in total. The Morgan fingerprint density at radius 3 is 3.00 bits per heavy atom. The van der Waals surface area contributed by atoms with Gasteiger partial charge in [-0.25, -0.2) is 4.79 Å². The highest BCUT2D eigenvalue weighted by molar-refractivity contribution is 8.00. The SMILES string of the molecule is CCC(C(N)=O)C1CN(c2ccc3c(c2)NC(=O)CS3)C(=O)O1. The number of anilines is 2. The van der Waals surface area contributed by atoms with Gasteiger partial charge in [-0.05, 0) is 24.6 Å². The Balaban J connectivity index is 1.82. The lowest BCUT2D eigenvalue weighted by Gasteiger charge is -2.20. The molecule has 0 bridgehead atoms. The van der Waals surface area contributed by atoms with E-state index < -0.39 is 24.0 Å². The molecule has 3 amide bonds. The number of hydrogen-bond donors (Lipinski definition) is 2. The zero-order valence-electron chi connectivity index (χ0n) is 12.6. The number of carbonyl (C=O) groups is 3. The van der Waals surface area contributed by atoms with Crippen molar-refractivity contribution in [2.75, 3.05) is 22.5 Å². The van der Waals surface area contributed by atoms with Crippen LogP contribution >= 0.6 is 11.8 Å². The molecule has 23 heavy (non-hydrogen) atoms. The topological polar surface area (TPSA) is 102 Å². The number of nitrogens with zero attached hydrogens (tertiary/aromatic N) is 1. The van der Waals surface area contributed by atoms with Crippen molar-refractivity contribution in [1.29, 1.82) is 0 Å². The van der Waals surface area contributed by atoms with Crippen molar-refractivity contribution in [1.82, 2.24) is 0 Å².